The van der Waals surface area contributed by atoms with Gasteiger partial charge in [-0.15, -0.1) is 0 Å². The van der Waals surface area contributed by atoms with Crippen molar-refractivity contribution < 1.29 is 26.7 Å². The number of ether oxygens (including phenoxy) is 1. The zero-order valence-corrected chi connectivity index (χ0v) is 19.5. The molecule has 0 saturated carbocycles. The van der Waals surface area contributed by atoms with E-state index in [0.717, 1.165) is 0 Å². The zero-order chi connectivity index (χ0) is 24.1. The summed E-state index contributed by atoms with van der Waals surface area (Å²) in [7, 11) is -3.13. The molecule has 3 aromatic rings. The van der Waals surface area contributed by atoms with Gasteiger partial charge >= 0.3 is 6.61 Å². The van der Waals surface area contributed by atoms with Crippen molar-refractivity contribution in [3.63, 3.8) is 0 Å². The van der Waals surface area contributed by atoms with Crippen LogP contribution in [0.2, 0.25) is 5.02 Å². The van der Waals surface area contributed by atoms with Gasteiger partial charge in [-0.05, 0) is 45.0 Å². The van der Waals surface area contributed by atoms with Crippen molar-refractivity contribution >= 4 is 38.4 Å². The van der Waals surface area contributed by atoms with E-state index in [-0.39, 0.29) is 33.9 Å². The molecule has 0 atom stereocenters. The summed E-state index contributed by atoms with van der Waals surface area (Å²) >= 11 is 6.32. The summed E-state index contributed by atoms with van der Waals surface area (Å²) in [6.45, 7) is 2.46. The topological polar surface area (TPSA) is 103 Å². The van der Waals surface area contributed by atoms with Crippen LogP contribution in [0, 0.1) is 0 Å². The molecule has 1 aliphatic heterocycles. The largest absolute Gasteiger partial charge is 0.435 e. The van der Waals surface area contributed by atoms with Crippen LogP contribution in [0.3, 0.4) is 0 Å². The number of halogens is 3. The Morgan fingerprint density at radius 1 is 1.27 bits per heavy atom. The van der Waals surface area contributed by atoms with E-state index >= 15 is 0 Å². The van der Waals surface area contributed by atoms with E-state index in [4.69, 9.17) is 11.6 Å². The van der Waals surface area contributed by atoms with Crippen LogP contribution in [-0.2, 0) is 9.84 Å². The summed E-state index contributed by atoms with van der Waals surface area (Å²) in [6.07, 6.45) is 1.36. The number of pyridine rings is 1. The molecule has 8 nitrogen and oxygen atoms in total. The number of sulfone groups is 1. The Labute approximate surface area is 193 Å². The second kappa shape index (κ2) is 8.21. The average Bonchev–Trinajstić information content (AvgIpc) is 3.06. The monoisotopic (exact) mass is 498 g/mol. The quantitative estimate of drug-likeness (QED) is 0.553. The molecule has 0 spiro atoms. The van der Waals surface area contributed by atoms with Crippen LogP contribution in [0.1, 0.15) is 37.2 Å². The van der Waals surface area contributed by atoms with E-state index in [2.05, 4.69) is 20.1 Å². The normalized spacial score (nSPS) is 16.7. The highest BCUT2D eigenvalue weighted by Gasteiger charge is 2.45. The molecule has 0 unspecified atom stereocenters. The summed E-state index contributed by atoms with van der Waals surface area (Å²) < 4.78 is 54.5. The Bertz CT molecular complexity index is 1350. The maximum absolute atomic E-state index is 12.8. The van der Waals surface area contributed by atoms with Gasteiger partial charge in [-0.2, -0.15) is 13.9 Å². The lowest BCUT2D eigenvalue weighted by Gasteiger charge is -2.38. The van der Waals surface area contributed by atoms with Crippen LogP contribution < -0.4 is 10.1 Å². The predicted octanol–water partition coefficient (Wildman–Crippen LogP) is 3.85. The average molecular weight is 499 g/mol. The third kappa shape index (κ3) is 4.65. The SMILES string of the molecule is CC(C)n1nc(-c2cc(OC(F)F)ccc2Cl)c2ncc(C(=O)NC3(C)CS(=O)(=O)C3)cc21. The van der Waals surface area contributed by atoms with Crippen LogP contribution in [0.5, 0.6) is 5.75 Å². The smallest absolute Gasteiger partial charge is 0.387 e. The molecule has 2 aromatic heterocycles. The van der Waals surface area contributed by atoms with Crippen molar-refractivity contribution in [3.05, 3.63) is 41.0 Å². The van der Waals surface area contributed by atoms with E-state index in [1.54, 1.807) is 17.7 Å². The molecule has 33 heavy (non-hydrogen) atoms. The van der Waals surface area contributed by atoms with Gasteiger partial charge in [-0.1, -0.05) is 11.6 Å². The molecule has 12 heteroatoms. The van der Waals surface area contributed by atoms with E-state index in [1.807, 2.05) is 13.8 Å². The number of fused-ring (bicyclic) bond motifs is 1. The van der Waals surface area contributed by atoms with Crippen molar-refractivity contribution in [2.45, 2.75) is 39.0 Å². The summed E-state index contributed by atoms with van der Waals surface area (Å²) in [5.74, 6) is -0.766. The molecular weight excluding hydrogens is 478 g/mol. The molecule has 0 radical (unpaired) electrons. The van der Waals surface area contributed by atoms with Crippen molar-refractivity contribution in [2.75, 3.05) is 11.5 Å². The first-order valence-electron chi connectivity index (χ1n) is 10.0. The third-order valence-corrected chi connectivity index (χ3v) is 7.69. The number of rotatable bonds is 6. The number of amides is 1. The van der Waals surface area contributed by atoms with Crippen LogP contribution in [-0.4, -0.2) is 52.7 Å². The number of alkyl halides is 2. The zero-order valence-electron chi connectivity index (χ0n) is 18.0. The Morgan fingerprint density at radius 2 is 1.97 bits per heavy atom. The van der Waals surface area contributed by atoms with Crippen molar-refractivity contribution in [2.24, 2.45) is 0 Å². The van der Waals surface area contributed by atoms with Gasteiger partial charge in [0.25, 0.3) is 5.91 Å². The van der Waals surface area contributed by atoms with Crippen LogP contribution in [0.15, 0.2) is 30.5 Å². The highest BCUT2D eigenvalue weighted by atomic mass is 35.5. The lowest BCUT2D eigenvalue weighted by Crippen LogP contribution is -2.63. The Kier molecular flexibility index (Phi) is 5.81. The standard InChI is InChI=1S/C21H21ClF2N4O4S/c1-11(2)28-16-6-12(19(29)26-21(3)9-33(30,31)10-21)8-25-18(16)17(27-28)14-7-13(32-20(23)24)4-5-15(14)22/h4-8,11,20H,9-10H2,1-3H3,(H,26,29). The maximum Gasteiger partial charge on any atom is 0.387 e. The lowest BCUT2D eigenvalue weighted by atomic mass is 10.1. The first kappa shape index (κ1) is 23.4. The van der Waals surface area contributed by atoms with Gasteiger partial charge in [0.05, 0.1) is 33.1 Å². The number of nitrogens with one attached hydrogen (secondary N) is 1. The molecular formula is C21H21ClF2N4O4S. The Hall–Kier alpha value is -2.79. The second-order valence-corrected chi connectivity index (χ2v) is 11.0. The number of carbonyl (C=O) groups is 1. The highest BCUT2D eigenvalue weighted by molar-refractivity contribution is 7.93. The fourth-order valence-corrected chi connectivity index (χ4v) is 6.14. The molecule has 1 aliphatic rings. The minimum atomic E-state index is -3.13. The minimum Gasteiger partial charge on any atom is -0.435 e. The molecule has 1 saturated heterocycles. The van der Waals surface area contributed by atoms with E-state index in [0.29, 0.717) is 22.3 Å². The summed E-state index contributed by atoms with van der Waals surface area (Å²) in [5, 5.41) is 7.60. The highest BCUT2D eigenvalue weighted by Crippen LogP contribution is 2.36. The first-order chi connectivity index (χ1) is 15.4. The van der Waals surface area contributed by atoms with Gasteiger partial charge in [0.2, 0.25) is 0 Å². The maximum atomic E-state index is 12.8. The van der Waals surface area contributed by atoms with Crippen molar-refractivity contribution in [3.8, 4) is 17.0 Å². The minimum absolute atomic E-state index is 0.0728. The molecule has 1 amide bonds. The van der Waals surface area contributed by atoms with Gasteiger partial charge in [0, 0.05) is 17.8 Å². The summed E-state index contributed by atoms with van der Waals surface area (Å²) in [5.41, 5.74) is 1.09. The Morgan fingerprint density at radius 3 is 2.58 bits per heavy atom. The first-order valence-corrected chi connectivity index (χ1v) is 12.2. The fourth-order valence-electron chi connectivity index (χ4n) is 3.93. The molecule has 0 bridgehead atoms. The van der Waals surface area contributed by atoms with Gasteiger partial charge in [0.1, 0.15) is 17.0 Å². The van der Waals surface area contributed by atoms with E-state index < -0.39 is 27.9 Å². The molecule has 1 aromatic carbocycles. The molecule has 4 rings (SSSR count). The van der Waals surface area contributed by atoms with Gasteiger partial charge in [0.15, 0.2) is 9.84 Å². The van der Waals surface area contributed by atoms with E-state index in [1.165, 1.54) is 24.4 Å². The number of benzene rings is 1. The van der Waals surface area contributed by atoms with Crippen LogP contribution in [0.4, 0.5) is 8.78 Å². The lowest BCUT2D eigenvalue weighted by molar-refractivity contribution is -0.0498. The van der Waals surface area contributed by atoms with Crippen molar-refractivity contribution in [1.29, 1.82) is 0 Å². The fraction of sp³-hybridized carbons (Fsp3) is 0.381. The van der Waals surface area contributed by atoms with Crippen LogP contribution in [0.25, 0.3) is 22.3 Å². The third-order valence-electron chi connectivity index (χ3n) is 5.21. The summed E-state index contributed by atoms with van der Waals surface area (Å²) in [4.78, 5) is 17.2. The van der Waals surface area contributed by atoms with Gasteiger partial charge in [-0.25, -0.2) is 8.42 Å². The summed E-state index contributed by atoms with van der Waals surface area (Å²) in [6, 6.07) is 5.62. The van der Waals surface area contributed by atoms with Crippen molar-refractivity contribution in [1.82, 2.24) is 20.1 Å². The van der Waals surface area contributed by atoms with Gasteiger partial charge in [-0.3, -0.25) is 14.5 Å². The molecule has 176 valence electrons. The molecule has 0 aliphatic carbocycles. The van der Waals surface area contributed by atoms with E-state index in [9.17, 15) is 22.0 Å². The second-order valence-electron chi connectivity index (χ2n) is 8.55. The van der Waals surface area contributed by atoms with Gasteiger partial charge < -0.3 is 10.1 Å². The Balaban J connectivity index is 1.75. The number of aromatic nitrogens is 3. The number of carbonyl (C=O) groups excluding carboxylic acids is 1. The number of nitrogens with zero attached hydrogens (tertiary/aromatic N) is 3. The molecule has 1 fully saturated rings. The van der Waals surface area contributed by atoms with Crippen LogP contribution >= 0.6 is 11.6 Å². The number of hydrogen-bond donors (Lipinski definition) is 1. The number of hydrogen-bond acceptors (Lipinski definition) is 6. The molecule has 1 N–H and O–H groups in total. The predicted molar refractivity (Wildman–Crippen MR) is 120 cm³/mol. The molecule has 3 heterocycles.